The first-order valence-corrected chi connectivity index (χ1v) is 5.68. The number of methoxy groups -OCH3 is 1. The van der Waals surface area contributed by atoms with Gasteiger partial charge in [0.05, 0.1) is 39.5 Å². The van der Waals surface area contributed by atoms with Gasteiger partial charge in [-0.2, -0.15) is 5.48 Å². The summed E-state index contributed by atoms with van der Waals surface area (Å²) in [5.74, 6) is 0.576. The monoisotopic (exact) mass is 257 g/mol. The predicted molar refractivity (Wildman–Crippen MR) is 62.4 cm³/mol. The van der Waals surface area contributed by atoms with Crippen LogP contribution in [0.15, 0.2) is 6.07 Å². The largest absolute Gasteiger partial charge is 0.493 e. The van der Waals surface area contributed by atoms with Crippen molar-refractivity contribution in [3.8, 4) is 17.2 Å². The van der Waals surface area contributed by atoms with E-state index in [1.807, 2.05) is 0 Å². The molecule has 1 aliphatic heterocycles. The Morgan fingerprint density at radius 1 is 1.33 bits per heavy atom. The molecule has 0 bridgehead atoms. The van der Waals surface area contributed by atoms with E-state index in [1.165, 1.54) is 20.3 Å². The summed E-state index contributed by atoms with van der Waals surface area (Å²) >= 11 is 0. The molecule has 0 aliphatic carbocycles. The van der Waals surface area contributed by atoms with Crippen molar-refractivity contribution in [1.29, 1.82) is 0 Å². The van der Waals surface area contributed by atoms with Gasteiger partial charge in [-0.1, -0.05) is 0 Å². The Kier molecular flexibility index (Phi) is 4.22. The number of halogens is 1. The van der Waals surface area contributed by atoms with Gasteiger partial charge in [-0.15, -0.1) is 0 Å². The molecular weight excluding hydrogens is 241 g/mol. The molecule has 1 aliphatic rings. The summed E-state index contributed by atoms with van der Waals surface area (Å²) < 4.78 is 30.0. The van der Waals surface area contributed by atoms with Gasteiger partial charge in [0.1, 0.15) is 0 Å². The summed E-state index contributed by atoms with van der Waals surface area (Å²) in [6, 6.07) is 1.29. The van der Waals surface area contributed by atoms with Crippen molar-refractivity contribution in [3.63, 3.8) is 0 Å². The summed E-state index contributed by atoms with van der Waals surface area (Å²) in [5.41, 5.74) is 3.21. The molecule has 100 valence electrons. The van der Waals surface area contributed by atoms with E-state index in [0.29, 0.717) is 30.3 Å². The third-order valence-electron chi connectivity index (χ3n) is 2.64. The van der Waals surface area contributed by atoms with E-state index in [2.05, 4.69) is 5.48 Å². The second-order valence-corrected chi connectivity index (χ2v) is 3.77. The molecule has 1 N–H and O–H groups in total. The lowest BCUT2D eigenvalue weighted by atomic mass is 10.1. The molecule has 0 saturated heterocycles. The molecule has 0 atom stereocenters. The molecule has 0 aromatic heterocycles. The Bertz CT molecular complexity index is 425. The molecule has 2 rings (SSSR count). The normalized spacial score (nSPS) is 14.2. The van der Waals surface area contributed by atoms with Crippen molar-refractivity contribution in [2.45, 2.75) is 13.0 Å². The number of nitrogens with one attached hydrogen (secondary N) is 1. The van der Waals surface area contributed by atoms with Crippen molar-refractivity contribution in [1.82, 2.24) is 5.48 Å². The van der Waals surface area contributed by atoms with Crippen molar-refractivity contribution < 1.29 is 23.4 Å². The van der Waals surface area contributed by atoms with Gasteiger partial charge in [0, 0.05) is 12.5 Å². The Balaban J connectivity index is 2.46. The molecule has 1 aromatic carbocycles. The van der Waals surface area contributed by atoms with Crippen LogP contribution in [0.25, 0.3) is 0 Å². The molecular formula is C12H16FNO4. The maximum absolute atomic E-state index is 13.9. The van der Waals surface area contributed by atoms with E-state index in [-0.39, 0.29) is 12.3 Å². The van der Waals surface area contributed by atoms with Crippen molar-refractivity contribution in [2.24, 2.45) is 0 Å². The minimum Gasteiger partial charge on any atom is -0.493 e. The van der Waals surface area contributed by atoms with Gasteiger partial charge >= 0.3 is 0 Å². The number of hydroxylamine groups is 1. The van der Waals surface area contributed by atoms with Gasteiger partial charge in [0.2, 0.25) is 0 Å². The summed E-state index contributed by atoms with van der Waals surface area (Å²) in [6.07, 6.45) is 0.760. The van der Waals surface area contributed by atoms with E-state index in [1.54, 1.807) is 0 Å². The highest BCUT2D eigenvalue weighted by Gasteiger charge is 2.22. The van der Waals surface area contributed by atoms with Crippen LogP contribution in [0.5, 0.6) is 17.2 Å². The summed E-state index contributed by atoms with van der Waals surface area (Å²) in [4.78, 5) is 4.78. The van der Waals surface area contributed by atoms with E-state index in [0.717, 1.165) is 6.42 Å². The molecule has 0 spiro atoms. The standard InChI is InChI=1S/C12H16FNO4/c1-15-11-8(7-14-16-2)12-10(6-9(11)13)17-4-3-5-18-12/h6,14H,3-5,7H2,1-2H3. The highest BCUT2D eigenvalue weighted by molar-refractivity contribution is 5.55. The molecule has 18 heavy (non-hydrogen) atoms. The van der Waals surface area contributed by atoms with Crippen LogP contribution in [0, 0.1) is 5.82 Å². The second kappa shape index (κ2) is 5.88. The number of rotatable bonds is 4. The lowest BCUT2D eigenvalue weighted by Crippen LogP contribution is -2.14. The first-order chi connectivity index (χ1) is 8.77. The average molecular weight is 257 g/mol. The maximum atomic E-state index is 13.9. The van der Waals surface area contributed by atoms with Crippen molar-refractivity contribution >= 4 is 0 Å². The van der Waals surface area contributed by atoms with Crippen LogP contribution in [-0.2, 0) is 11.4 Å². The zero-order valence-electron chi connectivity index (χ0n) is 10.4. The topological polar surface area (TPSA) is 49.0 Å². The highest BCUT2D eigenvalue weighted by Crippen LogP contribution is 2.40. The van der Waals surface area contributed by atoms with Gasteiger partial charge in [-0.3, -0.25) is 0 Å². The van der Waals surface area contributed by atoms with Gasteiger partial charge in [0.15, 0.2) is 23.1 Å². The minimum absolute atomic E-state index is 0.142. The number of ether oxygens (including phenoxy) is 3. The van der Waals surface area contributed by atoms with E-state index >= 15 is 0 Å². The Hall–Kier alpha value is -1.53. The first kappa shape index (κ1) is 12.9. The van der Waals surface area contributed by atoms with Gasteiger partial charge in [-0.25, -0.2) is 4.39 Å². The molecule has 0 radical (unpaired) electrons. The summed E-state index contributed by atoms with van der Waals surface area (Å²) in [5, 5.41) is 0. The average Bonchev–Trinajstić information content (AvgIpc) is 2.60. The SMILES string of the molecule is CONCc1c(OC)c(F)cc2c1OCCCO2. The third-order valence-corrected chi connectivity index (χ3v) is 2.64. The zero-order valence-corrected chi connectivity index (χ0v) is 10.4. The van der Waals surface area contributed by atoms with Gasteiger partial charge in [0.25, 0.3) is 0 Å². The number of hydrogen-bond acceptors (Lipinski definition) is 5. The van der Waals surface area contributed by atoms with Crippen LogP contribution in [0.1, 0.15) is 12.0 Å². The minimum atomic E-state index is -0.477. The molecule has 5 nitrogen and oxygen atoms in total. The van der Waals surface area contributed by atoms with Crippen LogP contribution in [0.2, 0.25) is 0 Å². The van der Waals surface area contributed by atoms with Crippen LogP contribution in [-0.4, -0.2) is 27.4 Å². The first-order valence-electron chi connectivity index (χ1n) is 5.68. The lowest BCUT2D eigenvalue weighted by molar-refractivity contribution is 0.0851. The van der Waals surface area contributed by atoms with E-state index in [4.69, 9.17) is 19.0 Å². The van der Waals surface area contributed by atoms with Crippen LogP contribution in [0.3, 0.4) is 0 Å². The molecule has 0 unspecified atom stereocenters. The molecule has 0 saturated carbocycles. The molecule has 1 aromatic rings. The lowest BCUT2D eigenvalue weighted by Gasteiger charge is -2.16. The van der Waals surface area contributed by atoms with E-state index in [9.17, 15) is 4.39 Å². The molecule has 0 fully saturated rings. The number of fused-ring (bicyclic) bond motifs is 1. The van der Waals surface area contributed by atoms with Crippen molar-refractivity contribution in [3.05, 3.63) is 17.4 Å². The van der Waals surface area contributed by atoms with E-state index < -0.39 is 5.82 Å². The predicted octanol–water partition coefficient (Wildman–Crippen LogP) is 1.65. The Labute approximate surface area is 105 Å². The van der Waals surface area contributed by atoms with Crippen LogP contribution in [0.4, 0.5) is 4.39 Å². The molecule has 6 heteroatoms. The van der Waals surface area contributed by atoms with Crippen LogP contribution >= 0.6 is 0 Å². The zero-order chi connectivity index (χ0) is 13.0. The smallest absolute Gasteiger partial charge is 0.169 e. The van der Waals surface area contributed by atoms with Crippen molar-refractivity contribution in [2.75, 3.05) is 27.4 Å². The fourth-order valence-electron chi connectivity index (χ4n) is 1.85. The fourth-order valence-corrected chi connectivity index (χ4v) is 1.85. The summed E-state index contributed by atoms with van der Waals surface area (Å²) in [7, 11) is 2.90. The molecule has 0 amide bonds. The quantitative estimate of drug-likeness (QED) is 0.831. The number of hydrogen-bond donors (Lipinski definition) is 1. The Morgan fingerprint density at radius 3 is 2.83 bits per heavy atom. The highest BCUT2D eigenvalue weighted by atomic mass is 19.1. The fraction of sp³-hybridized carbons (Fsp3) is 0.500. The third kappa shape index (κ3) is 2.49. The van der Waals surface area contributed by atoms with Gasteiger partial charge in [-0.05, 0) is 0 Å². The second-order valence-electron chi connectivity index (χ2n) is 3.77. The molecule has 1 heterocycles. The number of benzene rings is 1. The van der Waals surface area contributed by atoms with Crippen LogP contribution < -0.4 is 19.7 Å². The van der Waals surface area contributed by atoms with Gasteiger partial charge < -0.3 is 19.0 Å². The Morgan fingerprint density at radius 2 is 2.11 bits per heavy atom. The summed E-state index contributed by atoms with van der Waals surface area (Å²) in [6.45, 7) is 1.31. The maximum Gasteiger partial charge on any atom is 0.169 e.